The van der Waals surface area contributed by atoms with Crippen LogP contribution in [0.25, 0.3) is 10.9 Å². The van der Waals surface area contributed by atoms with Crippen LogP contribution in [0.5, 0.6) is 5.75 Å². The number of rotatable bonds is 2. The second-order valence-corrected chi connectivity index (χ2v) is 5.97. The summed E-state index contributed by atoms with van der Waals surface area (Å²) < 4.78 is 0. The molecule has 0 spiro atoms. The summed E-state index contributed by atoms with van der Waals surface area (Å²) in [6.07, 6.45) is 3.69. The van der Waals surface area contributed by atoms with Crippen molar-refractivity contribution in [3.05, 3.63) is 29.5 Å². The van der Waals surface area contributed by atoms with Crippen LogP contribution >= 0.6 is 0 Å². The molecule has 3 atom stereocenters. The Labute approximate surface area is 113 Å². The van der Waals surface area contributed by atoms with E-state index >= 15 is 0 Å². The number of aromatic amines is 1. The number of hydrogen-bond donors (Lipinski definition) is 2. The maximum absolute atomic E-state index is 9.76. The van der Waals surface area contributed by atoms with Crippen molar-refractivity contribution in [3.63, 3.8) is 0 Å². The van der Waals surface area contributed by atoms with Crippen LogP contribution in [-0.2, 0) is 0 Å². The van der Waals surface area contributed by atoms with Gasteiger partial charge in [-0.15, -0.1) is 0 Å². The van der Waals surface area contributed by atoms with Gasteiger partial charge in [-0.25, -0.2) is 0 Å². The Balaban J connectivity index is 1.95. The Morgan fingerprint density at radius 1 is 1.42 bits per heavy atom. The van der Waals surface area contributed by atoms with Gasteiger partial charge in [-0.3, -0.25) is 4.90 Å². The lowest BCUT2D eigenvalue weighted by Gasteiger charge is -2.32. The van der Waals surface area contributed by atoms with Gasteiger partial charge in [0.1, 0.15) is 5.75 Å². The van der Waals surface area contributed by atoms with Gasteiger partial charge in [0.2, 0.25) is 0 Å². The van der Waals surface area contributed by atoms with Crippen LogP contribution in [0.2, 0.25) is 0 Å². The van der Waals surface area contributed by atoms with E-state index in [2.05, 4.69) is 16.8 Å². The molecule has 100 valence electrons. The zero-order valence-corrected chi connectivity index (χ0v) is 11.3. The molecule has 1 aromatic carbocycles. The molecule has 19 heavy (non-hydrogen) atoms. The number of aromatic nitrogens is 1. The van der Waals surface area contributed by atoms with Crippen molar-refractivity contribution >= 4 is 10.9 Å². The highest BCUT2D eigenvalue weighted by Crippen LogP contribution is 2.47. The highest BCUT2D eigenvalue weighted by Gasteiger charge is 2.39. The van der Waals surface area contributed by atoms with Crippen LogP contribution in [0.1, 0.15) is 49.4 Å². The molecule has 3 heteroatoms. The average Bonchev–Trinajstić information content (AvgIpc) is 2.97. The number of fused-ring (bicyclic) bond motifs is 6. The summed E-state index contributed by atoms with van der Waals surface area (Å²) in [5.74, 6) is 1.03. The van der Waals surface area contributed by atoms with Crippen molar-refractivity contribution in [2.24, 2.45) is 0 Å². The van der Waals surface area contributed by atoms with Crippen LogP contribution in [0.3, 0.4) is 0 Å². The van der Waals surface area contributed by atoms with Crippen LogP contribution in [0.15, 0.2) is 18.2 Å². The average molecular weight is 256 g/mol. The van der Waals surface area contributed by atoms with Gasteiger partial charge in [0, 0.05) is 29.1 Å². The van der Waals surface area contributed by atoms with Gasteiger partial charge in [-0.1, -0.05) is 13.3 Å². The summed E-state index contributed by atoms with van der Waals surface area (Å²) in [7, 11) is 0. The summed E-state index contributed by atoms with van der Waals surface area (Å²) in [5.41, 5.74) is 4.08. The summed E-state index contributed by atoms with van der Waals surface area (Å²) >= 11 is 0. The first kappa shape index (κ1) is 11.4. The van der Waals surface area contributed by atoms with Crippen molar-refractivity contribution < 1.29 is 5.11 Å². The number of phenolic OH excluding ortho intramolecular Hbond substituents is 1. The molecule has 0 radical (unpaired) electrons. The summed E-state index contributed by atoms with van der Waals surface area (Å²) in [6.45, 7) is 4.68. The summed E-state index contributed by atoms with van der Waals surface area (Å²) in [4.78, 5) is 6.26. The molecule has 0 saturated carbocycles. The van der Waals surface area contributed by atoms with E-state index in [9.17, 15) is 5.11 Å². The standard InChI is InChI=1S/C16H20N2O/c1-2-3-14-16-15(10-6-7-18(14)9-10)12-8-11(19)4-5-13(12)17-16/h4-5,8,10,14,17,19H,2-3,6-7,9H2,1H3. The predicted molar refractivity (Wildman–Crippen MR) is 76.5 cm³/mol. The minimum atomic E-state index is 0.377. The molecular formula is C16H20N2O. The molecule has 4 rings (SSSR count). The molecule has 1 aromatic heterocycles. The van der Waals surface area contributed by atoms with E-state index in [1.807, 2.05) is 12.1 Å². The van der Waals surface area contributed by atoms with Crippen molar-refractivity contribution in [1.82, 2.24) is 9.88 Å². The van der Waals surface area contributed by atoms with Crippen molar-refractivity contribution in [2.45, 2.75) is 38.1 Å². The first-order chi connectivity index (χ1) is 9.28. The molecule has 2 aromatic rings. The fraction of sp³-hybridized carbons (Fsp3) is 0.500. The number of phenols is 1. The Kier molecular flexibility index (Phi) is 2.39. The monoisotopic (exact) mass is 256 g/mol. The first-order valence-corrected chi connectivity index (χ1v) is 7.36. The van der Waals surface area contributed by atoms with Gasteiger partial charge in [-0.2, -0.15) is 0 Å². The number of hydrogen-bond acceptors (Lipinski definition) is 2. The molecule has 1 saturated heterocycles. The number of benzene rings is 1. The normalized spacial score (nSPS) is 28.8. The SMILES string of the molecule is CCCC1c2[nH]c3ccc(O)cc3c2C2CCN1C2. The van der Waals surface area contributed by atoms with Gasteiger partial charge in [0.25, 0.3) is 0 Å². The second kappa shape index (κ2) is 4.01. The van der Waals surface area contributed by atoms with Gasteiger partial charge in [0.05, 0.1) is 6.04 Å². The lowest BCUT2D eigenvalue weighted by Crippen LogP contribution is -2.30. The third-order valence-electron chi connectivity index (χ3n) is 4.82. The van der Waals surface area contributed by atoms with E-state index < -0.39 is 0 Å². The lowest BCUT2D eigenvalue weighted by molar-refractivity contribution is 0.214. The van der Waals surface area contributed by atoms with E-state index in [1.54, 1.807) is 6.07 Å². The summed E-state index contributed by atoms with van der Waals surface area (Å²) in [6, 6.07) is 6.27. The van der Waals surface area contributed by atoms with Gasteiger partial charge < -0.3 is 10.1 Å². The molecular weight excluding hydrogens is 236 g/mol. The van der Waals surface area contributed by atoms with Crippen molar-refractivity contribution in [1.29, 1.82) is 0 Å². The smallest absolute Gasteiger partial charge is 0.116 e. The Morgan fingerprint density at radius 3 is 3.16 bits per heavy atom. The molecule has 3 heterocycles. The van der Waals surface area contributed by atoms with Crippen molar-refractivity contribution in [2.75, 3.05) is 13.1 Å². The van der Waals surface area contributed by atoms with Gasteiger partial charge >= 0.3 is 0 Å². The van der Waals surface area contributed by atoms with E-state index in [-0.39, 0.29) is 0 Å². The van der Waals surface area contributed by atoms with Crippen LogP contribution in [0, 0.1) is 0 Å². The quantitative estimate of drug-likeness (QED) is 0.863. The highest BCUT2D eigenvalue weighted by atomic mass is 16.3. The fourth-order valence-corrected chi connectivity index (χ4v) is 4.01. The van der Waals surface area contributed by atoms with E-state index in [0.29, 0.717) is 17.7 Å². The van der Waals surface area contributed by atoms with Crippen LogP contribution in [-0.4, -0.2) is 28.1 Å². The molecule has 3 nitrogen and oxygen atoms in total. The van der Waals surface area contributed by atoms with E-state index in [1.165, 1.54) is 54.5 Å². The van der Waals surface area contributed by atoms with Gasteiger partial charge in [0.15, 0.2) is 0 Å². The predicted octanol–water partition coefficient (Wildman–Crippen LogP) is 3.52. The van der Waals surface area contributed by atoms with Crippen LogP contribution < -0.4 is 0 Å². The molecule has 0 amide bonds. The Morgan fingerprint density at radius 2 is 2.32 bits per heavy atom. The minimum absolute atomic E-state index is 0.377. The van der Waals surface area contributed by atoms with Crippen LogP contribution in [0.4, 0.5) is 0 Å². The highest BCUT2D eigenvalue weighted by molar-refractivity contribution is 5.87. The molecule has 0 aliphatic carbocycles. The van der Waals surface area contributed by atoms with Crippen molar-refractivity contribution in [3.8, 4) is 5.75 Å². The van der Waals surface area contributed by atoms with E-state index in [0.717, 1.165) is 0 Å². The zero-order valence-electron chi connectivity index (χ0n) is 11.3. The molecule has 2 aliphatic rings. The molecule has 2 aliphatic heterocycles. The Hall–Kier alpha value is -1.48. The fourth-order valence-electron chi connectivity index (χ4n) is 4.01. The third kappa shape index (κ3) is 1.54. The number of nitrogens with one attached hydrogen (secondary N) is 1. The molecule has 1 fully saturated rings. The topological polar surface area (TPSA) is 39.3 Å². The maximum Gasteiger partial charge on any atom is 0.116 e. The molecule has 3 unspecified atom stereocenters. The van der Waals surface area contributed by atoms with Gasteiger partial charge in [-0.05, 0) is 43.1 Å². The first-order valence-electron chi connectivity index (χ1n) is 7.36. The molecule has 2 N–H and O–H groups in total. The number of H-pyrrole nitrogens is 1. The summed E-state index contributed by atoms with van der Waals surface area (Å²) in [5, 5.41) is 11.0. The largest absolute Gasteiger partial charge is 0.508 e. The Bertz CT molecular complexity index is 631. The minimum Gasteiger partial charge on any atom is -0.508 e. The second-order valence-electron chi connectivity index (χ2n) is 5.97. The lowest BCUT2D eigenvalue weighted by atomic mass is 9.89. The zero-order chi connectivity index (χ0) is 13.0. The number of aromatic hydroxyl groups is 1. The number of nitrogens with zero attached hydrogens (tertiary/aromatic N) is 1. The molecule has 2 bridgehead atoms. The van der Waals surface area contributed by atoms with E-state index in [4.69, 9.17) is 0 Å². The maximum atomic E-state index is 9.76. The third-order valence-corrected chi connectivity index (χ3v) is 4.82.